The Kier molecular flexibility index (Phi) is 26.8. The van der Waals surface area contributed by atoms with Gasteiger partial charge in [0.05, 0.1) is 0 Å². The fraction of sp³-hybridized carbons (Fsp3) is 1.00. The summed E-state index contributed by atoms with van der Waals surface area (Å²) in [5, 5.41) is 0. The SMILES string of the molecule is CC(C)C1C(C)(C)CCC1(C)C.CC1(C)CC(C)(C)CC(C)(C)C1.CC1C2CCC(C2)[C@H]1C.CC1CC(C)(C)CC(C)(C)C1.CCC1C(C)(C)CCC1(C)C.CCC1CC(C)(C)CC(C)(C)C1.CCC1CC2CCC1C2.C[C@@H]1C2CCC(C2)C1(C)C. The lowest BCUT2D eigenvalue weighted by atomic mass is 9.56. The highest BCUT2D eigenvalue weighted by Crippen LogP contribution is 2.61. The molecule has 11 aliphatic carbocycles. The molecule has 11 fully saturated rings. The standard InChI is InChI=1S/3C12H24.2C11H22.C10H18.2C9H16/c1-10(2)7-11(3,4)9-12(5,6)8-10;1-9(2)10-11(3,4)7-8-12(10,5)6;1-6-10-7-11(2,3)9-12(4,5)8-10;1-9-6-10(2,3)8-11(4,5)7-9;1-6-9-10(2,3)7-8-11(9,4)5;1-7-8-4-5-9(6-8)10(7,2)3;1-6-7(2)9-4-3-8(6)5-9;1-2-8-5-7-3-4-9(8)6-7/h7-9H2,1-6H3;9-10H,7-8H2,1-6H3;10H,6-9H2,1-5H3;2*9H,6-8H2,1-5H3;7-9H,4-6H2,1-3H3;6-9H,3-5H2,1-2H3;7-9H,2-6H2,1H3/t;;;;;7-,8?,9?;6-,7?,8?,9?;/m.....10./s1. The third-order valence-electron chi connectivity index (χ3n) is 28.0. The van der Waals surface area contributed by atoms with E-state index in [1.54, 1.807) is 32.1 Å². The van der Waals surface area contributed by atoms with Crippen molar-refractivity contribution in [3.8, 4) is 0 Å². The first kappa shape index (κ1) is 78.4. The third-order valence-corrected chi connectivity index (χ3v) is 28.0. The van der Waals surface area contributed by atoms with Crippen LogP contribution in [0.4, 0.5) is 0 Å². The van der Waals surface area contributed by atoms with Crippen molar-refractivity contribution in [2.75, 3.05) is 0 Å². The summed E-state index contributed by atoms with van der Waals surface area (Å²) in [6, 6.07) is 0. The first-order valence-electron chi connectivity index (χ1n) is 38.8. The summed E-state index contributed by atoms with van der Waals surface area (Å²) in [5.41, 5.74) is 6.98. The second kappa shape index (κ2) is 29.3. The van der Waals surface area contributed by atoms with Crippen molar-refractivity contribution in [1.82, 2.24) is 0 Å². The number of hydrogen-bond donors (Lipinski definition) is 0. The molecule has 0 heterocycles. The van der Waals surface area contributed by atoms with Gasteiger partial charge in [0.2, 0.25) is 0 Å². The summed E-state index contributed by atoms with van der Waals surface area (Å²) in [7, 11) is 0. The van der Waals surface area contributed by atoms with Crippen molar-refractivity contribution < 1.29 is 0 Å². The van der Waals surface area contributed by atoms with E-state index in [9.17, 15) is 0 Å². The van der Waals surface area contributed by atoms with Crippen LogP contribution < -0.4 is 0 Å². The van der Waals surface area contributed by atoms with Crippen LogP contribution in [0.5, 0.6) is 0 Å². The minimum absolute atomic E-state index is 0.547. The zero-order valence-electron chi connectivity index (χ0n) is 66.0. The van der Waals surface area contributed by atoms with Gasteiger partial charge in [-0.1, -0.05) is 254 Å². The van der Waals surface area contributed by atoms with Gasteiger partial charge < -0.3 is 0 Å². The highest BCUT2D eigenvalue weighted by molar-refractivity contribution is 5.01. The quantitative estimate of drug-likeness (QED) is 0.263. The van der Waals surface area contributed by atoms with Crippen LogP contribution >= 0.6 is 0 Å². The van der Waals surface area contributed by atoms with Crippen LogP contribution in [0.3, 0.4) is 0 Å². The molecular formula is C86H166. The molecule has 86 heavy (non-hydrogen) atoms. The predicted octanol–water partition coefficient (Wildman–Crippen LogP) is 28.9. The highest BCUT2D eigenvalue weighted by atomic mass is 14.6. The Balaban J connectivity index is 0.000000211. The number of rotatable bonds is 4. The monoisotopic (exact) mass is 1200 g/mol. The van der Waals surface area contributed by atoms with Crippen molar-refractivity contribution in [1.29, 1.82) is 0 Å². The maximum Gasteiger partial charge on any atom is -0.0288 e. The molecule has 0 saturated heterocycles. The van der Waals surface area contributed by atoms with Crippen molar-refractivity contribution in [3.05, 3.63) is 0 Å². The Bertz CT molecular complexity index is 1860. The molecule has 0 amide bonds. The van der Waals surface area contributed by atoms with E-state index in [0.29, 0.717) is 65.0 Å². The van der Waals surface area contributed by atoms with Gasteiger partial charge in [-0.25, -0.2) is 0 Å². The molecule has 0 aromatic heterocycles. The van der Waals surface area contributed by atoms with Crippen LogP contribution in [0.15, 0.2) is 0 Å². The summed E-state index contributed by atoms with van der Waals surface area (Å²) in [5.74, 6) is 15.4. The molecule has 0 nitrogen and oxygen atoms in total. The maximum absolute atomic E-state index is 2.46. The molecule has 11 saturated carbocycles. The van der Waals surface area contributed by atoms with E-state index in [0.717, 1.165) is 88.8 Å². The van der Waals surface area contributed by atoms with Crippen LogP contribution in [0, 0.1) is 154 Å². The summed E-state index contributed by atoms with van der Waals surface area (Å²) in [6.07, 6.45) is 37.9. The van der Waals surface area contributed by atoms with Crippen molar-refractivity contribution >= 4 is 0 Å². The smallest absolute Gasteiger partial charge is 0.0288 e. The molecule has 0 heteroatoms. The lowest BCUT2D eigenvalue weighted by Crippen LogP contribution is -2.38. The first-order chi connectivity index (χ1) is 38.8. The molecule has 0 radical (unpaired) electrons. The van der Waals surface area contributed by atoms with E-state index in [1.807, 2.05) is 0 Å². The Labute approximate surface area is 546 Å². The van der Waals surface area contributed by atoms with Gasteiger partial charge in [-0.15, -0.1) is 0 Å². The van der Waals surface area contributed by atoms with E-state index >= 15 is 0 Å². The summed E-state index contributed by atoms with van der Waals surface area (Å²) in [6.45, 7) is 79.7. The zero-order valence-corrected chi connectivity index (χ0v) is 66.0. The number of fused-ring (bicyclic) bond motifs is 6. The fourth-order valence-electron chi connectivity index (χ4n) is 26.7. The average molecular weight is 1200 g/mol. The van der Waals surface area contributed by atoms with Crippen LogP contribution in [0.1, 0.15) is 395 Å². The van der Waals surface area contributed by atoms with E-state index in [1.165, 1.54) is 135 Å². The molecule has 0 N–H and O–H groups in total. The molecular weight excluding hydrogens is 1030 g/mol. The van der Waals surface area contributed by atoms with Crippen LogP contribution in [0.2, 0.25) is 0 Å². The molecule has 11 rings (SSSR count). The van der Waals surface area contributed by atoms with Crippen LogP contribution in [-0.4, -0.2) is 0 Å². The summed E-state index contributed by atoms with van der Waals surface area (Å²) in [4.78, 5) is 0. The van der Waals surface area contributed by atoms with Crippen molar-refractivity contribution in [3.63, 3.8) is 0 Å². The van der Waals surface area contributed by atoms with Gasteiger partial charge in [-0.05, 0) is 295 Å². The average Bonchev–Trinajstić information content (AvgIpc) is 1.61. The van der Waals surface area contributed by atoms with Gasteiger partial charge >= 0.3 is 0 Å². The second-order valence-electron chi connectivity index (χ2n) is 43.6. The van der Waals surface area contributed by atoms with Gasteiger partial charge in [0.25, 0.3) is 0 Å². The third kappa shape index (κ3) is 22.3. The molecule has 6 bridgehead atoms. The van der Waals surface area contributed by atoms with Crippen molar-refractivity contribution in [2.45, 2.75) is 395 Å². The fourth-order valence-corrected chi connectivity index (χ4v) is 26.7. The molecule has 0 aromatic rings. The molecule has 510 valence electrons. The normalized spacial score (nSPS) is 36.8. The molecule has 0 spiro atoms. The first-order valence-corrected chi connectivity index (χ1v) is 38.8. The minimum Gasteiger partial charge on any atom is -0.0651 e. The topological polar surface area (TPSA) is 0 Å². The summed E-state index contributed by atoms with van der Waals surface area (Å²) < 4.78 is 0. The van der Waals surface area contributed by atoms with E-state index in [-0.39, 0.29) is 0 Å². The van der Waals surface area contributed by atoms with Gasteiger partial charge in [0, 0.05) is 0 Å². The minimum atomic E-state index is 0.547. The Morgan fingerprint density at radius 1 is 0.349 bits per heavy atom. The van der Waals surface area contributed by atoms with Crippen LogP contribution in [-0.2, 0) is 0 Å². The molecule has 0 aromatic carbocycles. The molecule has 0 aliphatic heterocycles. The van der Waals surface area contributed by atoms with Gasteiger partial charge in [0.1, 0.15) is 0 Å². The molecule has 10 atom stereocenters. The Morgan fingerprint density at radius 2 is 0.721 bits per heavy atom. The molecule has 8 unspecified atom stereocenters. The zero-order chi connectivity index (χ0) is 66.0. The van der Waals surface area contributed by atoms with E-state index in [2.05, 4.69) is 228 Å². The largest absolute Gasteiger partial charge is 0.0651 e. The summed E-state index contributed by atoms with van der Waals surface area (Å²) >= 11 is 0. The maximum atomic E-state index is 2.46. The molecule has 11 aliphatic rings. The van der Waals surface area contributed by atoms with E-state index < -0.39 is 0 Å². The number of hydrogen-bond acceptors (Lipinski definition) is 0. The van der Waals surface area contributed by atoms with Gasteiger partial charge in [-0.2, -0.15) is 0 Å². The lowest BCUT2D eigenvalue weighted by Gasteiger charge is -2.49. The van der Waals surface area contributed by atoms with Crippen molar-refractivity contribution in [2.24, 2.45) is 154 Å². The lowest BCUT2D eigenvalue weighted by molar-refractivity contribution is 0.0203. The Hall–Kier alpha value is 0. The Morgan fingerprint density at radius 3 is 0.953 bits per heavy atom. The van der Waals surface area contributed by atoms with Gasteiger partial charge in [0.15, 0.2) is 0 Å². The van der Waals surface area contributed by atoms with Gasteiger partial charge in [-0.3, -0.25) is 0 Å². The van der Waals surface area contributed by atoms with E-state index in [4.69, 9.17) is 0 Å². The second-order valence-corrected chi connectivity index (χ2v) is 43.6. The highest BCUT2D eigenvalue weighted by Gasteiger charge is 2.51. The predicted molar refractivity (Wildman–Crippen MR) is 389 cm³/mol. The van der Waals surface area contributed by atoms with Crippen LogP contribution in [0.25, 0.3) is 0 Å².